The number of ketones is 1. The highest BCUT2D eigenvalue weighted by molar-refractivity contribution is 6.34. The highest BCUT2D eigenvalue weighted by Crippen LogP contribution is 2.27. The third-order valence-corrected chi connectivity index (χ3v) is 2.32. The first-order chi connectivity index (χ1) is 7.60. The van der Waals surface area contributed by atoms with Crippen molar-refractivity contribution in [2.45, 2.75) is 6.42 Å². The van der Waals surface area contributed by atoms with Gasteiger partial charge >= 0.3 is 5.97 Å². The number of benzene rings is 1. The summed E-state index contributed by atoms with van der Waals surface area (Å²) in [7, 11) is 2.65. The van der Waals surface area contributed by atoms with Crippen LogP contribution in [-0.2, 0) is 9.53 Å². The van der Waals surface area contributed by atoms with Crippen molar-refractivity contribution in [3.05, 3.63) is 28.8 Å². The number of carbonyl (C=O) groups is 2. The first kappa shape index (κ1) is 12.5. The molecule has 0 N–H and O–H groups in total. The van der Waals surface area contributed by atoms with Gasteiger partial charge in [0.15, 0.2) is 5.78 Å². The Labute approximate surface area is 98.1 Å². The van der Waals surface area contributed by atoms with Crippen LogP contribution < -0.4 is 4.74 Å². The summed E-state index contributed by atoms with van der Waals surface area (Å²) in [6.45, 7) is 0. The average molecular weight is 243 g/mol. The normalized spacial score (nSPS) is 9.69. The lowest BCUT2D eigenvalue weighted by Crippen LogP contribution is -2.11. The molecule has 0 saturated heterocycles. The van der Waals surface area contributed by atoms with Crippen molar-refractivity contribution >= 4 is 23.4 Å². The number of Topliss-reactive ketones (excluding diaryl/α,β-unsaturated/α-hetero) is 1. The lowest BCUT2D eigenvalue weighted by Gasteiger charge is -2.08. The Morgan fingerprint density at radius 2 is 2.00 bits per heavy atom. The van der Waals surface area contributed by atoms with Gasteiger partial charge in [0.1, 0.15) is 12.2 Å². The van der Waals surface area contributed by atoms with Crippen LogP contribution in [-0.4, -0.2) is 26.0 Å². The molecule has 0 saturated carbocycles. The molecule has 5 heteroatoms. The predicted octanol–water partition coefficient (Wildman–Crippen LogP) is 2.09. The maximum absolute atomic E-state index is 11.7. The molecule has 0 bridgehead atoms. The van der Waals surface area contributed by atoms with E-state index < -0.39 is 11.8 Å². The molecule has 4 nitrogen and oxygen atoms in total. The molecule has 0 aliphatic heterocycles. The summed E-state index contributed by atoms with van der Waals surface area (Å²) in [5.41, 5.74) is 0.206. The molecular weight excluding hydrogens is 232 g/mol. The van der Waals surface area contributed by atoms with Crippen molar-refractivity contribution in [1.29, 1.82) is 0 Å². The molecule has 0 radical (unpaired) electrons. The van der Waals surface area contributed by atoms with E-state index in [0.717, 1.165) is 0 Å². The molecule has 0 atom stereocenters. The zero-order valence-corrected chi connectivity index (χ0v) is 9.71. The number of esters is 1. The van der Waals surface area contributed by atoms with Crippen molar-refractivity contribution in [2.24, 2.45) is 0 Å². The van der Waals surface area contributed by atoms with E-state index in [2.05, 4.69) is 4.74 Å². The average Bonchev–Trinajstić information content (AvgIpc) is 2.28. The van der Waals surface area contributed by atoms with Crippen LogP contribution in [0.4, 0.5) is 0 Å². The number of rotatable bonds is 4. The van der Waals surface area contributed by atoms with Gasteiger partial charge in [-0.05, 0) is 12.1 Å². The van der Waals surface area contributed by atoms with Crippen LogP contribution in [0.3, 0.4) is 0 Å². The fraction of sp³-hybridized carbons (Fsp3) is 0.273. The molecule has 0 aliphatic rings. The summed E-state index contributed by atoms with van der Waals surface area (Å²) < 4.78 is 9.42. The van der Waals surface area contributed by atoms with Gasteiger partial charge in [-0.25, -0.2) is 0 Å². The van der Waals surface area contributed by atoms with Crippen LogP contribution in [0.5, 0.6) is 5.75 Å². The van der Waals surface area contributed by atoms with Gasteiger partial charge in [-0.1, -0.05) is 17.7 Å². The van der Waals surface area contributed by atoms with E-state index in [0.29, 0.717) is 5.75 Å². The third-order valence-electron chi connectivity index (χ3n) is 2.01. The van der Waals surface area contributed by atoms with Gasteiger partial charge in [-0.15, -0.1) is 0 Å². The van der Waals surface area contributed by atoms with Crippen LogP contribution in [0.2, 0.25) is 5.02 Å². The molecule has 1 aromatic carbocycles. The van der Waals surface area contributed by atoms with Crippen molar-refractivity contribution in [3.63, 3.8) is 0 Å². The summed E-state index contributed by atoms with van der Waals surface area (Å²) >= 11 is 5.88. The SMILES string of the molecule is COC(=O)CC(=O)c1c(Cl)cccc1OC. The number of halogens is 1. The van der Waals surface area contributed by atoms with Gasteiger partial charge < -0.3 is 9.47 Å². The van der Waals surface area contributed by atoms with E-state index in [1.165, 1.54) is 14.2 Å². The summed E-state index contributed by atoms with van der Waals surface area (Å²) in [6, 6.07) is 4.83. The van der Waals surface area contributed by atoms with E-state index in [1.54, 1.807) is 18.2 Å². The molecule has 0 unspecified atom stereocenters. The van der Waals surface area contributed by atoms with Crippen LogP contribution >= 0.6 is 11.6 Å². The van der Waals surface area contributed by atoms with E-state index in [-0.39, 0.29) is 17.0 Å². The molecule has 0 fully saturated rings. The zero-order valence-electron chi connectivity index (χ0n) is 8.95. The number of methoxy groups -OCH3 is 2. The van der Waals surface area contributed by atoms with Gasteiger partial charge in [0.25, 0.3) is 0 Å². The molecule has 0 aliphatic carbocycles. The minimum atomic E-state index is -0.605. The number of hydrogen-bond donors (Lipinski definition) is 0. The van der Waals surface area contributed by atoms with E-state index in [9.17, 15) is 9.59 Å². The Hall–Kier alpha value is -1.55. The molecule has 0 heterocycles. The van der Waals surface area contributed by atoms with E-state index in [1.807, 2.05) is 0 Å². The lowest BCUT2D eigenvalue weighted by molar-refractivity contribution is -0.139. The highest BCUT2D eigenvalue weighted by Gasteiger charge is 2.19. The van der Waals surface area contributed by atoms with Crippen molar-refractivity contribution < 1.29 is 19.1 Å². The summed E-state index contributed by atoms with van der Waals surface area (Å²) in [5.74, 6) is -0.678. The fourth-order valence-electron chi connectivity index (χ4n) is 1.24. The van der Waals surface area contributed by atoms with Gasteiger partial charge in [-0.2, -0.15) is 0 Å². The second-order valence-corrected chi connectivity index (χ2v) is 3.40. The Balaban J connectivity index is 3.02. The maximum Gasteiger partial charge on any atom is 0.313 e. The van der Waals surface area contributed by atoms with Crippen molar-refractivity contribution in [2.75, 3.05) is 14.2 Å². The second kappa shape index (κ2) is 5.51. The molecular formula is C11H11ClO4. The van der Waals surface area contributed by atoms with Gasteiger partial charge in [0.05, 0.1) is 24.8 Å². The summed E-state index contributed by atoms with van der Waals surface area (Å²) in [5, 5.41) is 0.258. The first-order valence-electron chi connectivity index (χ1n) is 4.52. The highest BCUT2D eigenvalue weighted by atomic mass is 35.5. The van der Waals surface area contributed by atoms with Crippen molar-refractivity contribution in [1.82, 2.24) is 0 Å². The molecule has 0 spiro atoms. The van der Waals surface area contributed by atoms with Crippen LogP contribution in [0.25, 0.3) is 0 Å². The maximum atomic E-state index is 11.7. The summed E-state index contributed by atoms with van der Waals surface area (Å²) in [4.78, 5) is 22.7. The Bertz CT molecular complexity index is 414. The molecule has 16 heavy (non-hydrogen) atoms. The van der Waals surface area contributed by atoms with E-state index in [4.69, 9.17) is 16.3 Å². The Kier molecular flexibility index (Phi) is 4.31. The van der Waals surface area contributed by atoms with Gasteiger partial charge in [0.2, 0.25) is 0 Å². The molecule has 0 aromatic heterocycles. The fourth-order valence-corrected chi connectivity index (χ4v) is 1.51. The summed E-state index contributed by atoms with van der Waals surface area (Å²) in [6.07, 6.45) is -0.351. The van der Waals surface area contributed by atoms with Gasteiger partial charge in [-0.3, -0.25) is 9.59 Å². The third kappa shape index (κ3) is 2.73. The van der Waals surface area contributed by atoms with E-state index >= 15 is 0 Å². The molecule has 1 aromatic rings. The molecule has 0 amide bonds. The molecule has 1 rings (SSSR count). The molecule has 86 valence electrons. The number of hydrogen-bond acceptors (Lipinski definition) is 4. The Morgan fingerprint density at radius 1 is 1.31 bits per heavy atom. The predicted molar refractivity (Wildman–Crippen MR) is 59.0 cm³/mol. The van der Waals surface area contributed by atoms with Crippen LogP contribution in [0.15, 0.2) is 18.2 Å². The topological polar surface area (TPSA) is 52.6 Å². The monoisotopic (exact) mass is 242 g/mol. The minimum absolute atomic E-state index is 0.206. The number of ether oxygens (including phenoxy) is 2. The van der Waals surface area contributed by atoms with Crippen LogP contribution in [0, 0.1) is 0 Å². The Morgan fingerprint density at radius 3 is 2.56 bits per heavy atom. The standard InChI is InChI=1S/C11H11ClO4/c1-15-9-5-3-4-7(12)11(9)8(13)6-10(14)16-2/h3-5H,6H2,1-2H3. The lowest BCUT2D eigenvalue weighted by atomic mass is 10.1. The van der Waals surface area contributed by atoms with Crippen LogP contribution in [0.1, 0.15) is 16.8 Å². The number of carbonyl (C=O) groups excluding carboxylic acids is 2. The quantitative estimate of drug-likeness (QED) is 0.461. The largest absolute Gasteiger partial charge is 0.496 e. The van der Waals surface area contributed by atoms with Gasteiger partial charge in [0, 0.05) is 0 Å². The van der Waals surface area contributed by atoms with Crippen molar-refractivity contribution in [3.8, 4) is 5.75 Å². The zero-order chi connectivity index (χ0) is 12.1. The first-order valence-corrected chi connectivity index (χ1v) is 4.90. The second-order valence-electron chi connectivity index (χ2n) is 2.99. The minimum Gasteiger partial charge on any atom is -0.496 e. The smallest absolute Gasteiger partial charge is 0.313 e.